The molecule has 6 nitrogen and oxygen atoms in total. The summed E-state index contributed by atoms with van der Waals surface area (Å²) in [6, 6.07) is 10.1. The van der Waals surface area contributed by atoms with Crippen molar-refractivity contribution >= 4 is 0 Å². The number of fused-ring (bicyclic) bond motifs is 4. The van der Waals surface area contributed by atoms with Gasteiger partial charge in [0.05, 0.1) is 5.69 Å². The molecule has 4 aliphatic heterocycles. The molecule has 2 aromatic rings. The SMILES string of the molecule is CC1C(Oc2ccc(-c3ccc4c(c3)OCO4)nn2)C2CCN1CC2. The molecule has 2 unspecified atom stereocenters. The second kappa shape index (κ2) is 5.88. The first-order valence-electron chi connectivity index (χ1n) is 8.92. The molecule has 6 heteroatoms. The highest BCUT2D eigenvalue weighted by atomic mass is 16.7. The number of hydrogen-bond acceptors (Lipinski definition) is 6. The predicted octanol–water partition coefficient (Wildman–Crippen LogP) is 2.73. The van der Waals surface area contributed by atoms with Crippen molar-refractivity contribution in [2.24, 2.45) is 5.92 Å². The van der Waals surface area contributed by atoms with Gasteiger partial charge in [0, 0.05) is 17.7 Å². The lowest BCUT2D eigenvalue weighted by atomic mass is 9.81. The molecule has 1 aromatic heterocycles. The zero-order valence-corrected chi connectivity index (χ0v) is 14.2. The van der Waals surface area contributed by atoms with Crippen LogP contribution in [0.2, 0.25) is 0 Å². The van der Waals surface area contributed by atoms with Crippen molar-refractivity contribution < 1.29 is 14.2 Å². The molecule has 3 fully saturated rings. The molecular formula is C19H21N3O3. The maximum Gasteiger partial charge on any atom is 0.233 e. The highest BCUT2D eigenvalue weighted by Crippen LogP contribution is 2.36. The van der Waals surface area contributed by atoms with Crippen LogP contribution in [0.5, 0.6) is 17.4 Å². The molecule has 6 rings (SSSR count). The van der Waals surface area contributed by atoms with Gasteiger partial charge in [0.1, 0.15) is 6.10 Å². The van der Waals surface area contributed by atoms with E-state index in [1.807, 2.05) is 30.3 Å². The molecule has 5 heterocycles. The van der Waals surface area contributed by atoms with E-state index in [-0.39, 0.29) is 12.9 Å². The molecule has 2 bridgehead atoms. The third-order valence-electron chi connectivity index (χ3n) is 5.66. The molecule has 0 amide bonds. The average molecular weight is 339 g/mol. The van der Waals surface area contributed by atoms with E-state index in [4.69, 9.17) is 14.2 Å². The maximum absolute atomic E-state index is 6.21. The Bertz CT molecular complexity index is 770. The van der Waals surface area contributed by atoms with E-state index >= 15 is 0 Å². The Morgan fingerprint density at radius 1 is 1.04 bits per heavy atom. The summed E-state index contributed by atoms with van der Waals surface area (Å²) in [4.78, 5) is 2.51. The van der Waals surface area contributed by atoms with Crippen LogP contribution in [-0.4, -0.2) is 47.1 Å². The zero-order chi connectivity index (χ0) is 16.8. The minimum absolute atomic E-state index is 0.216. The highest BCUT2D eigenvalue weighted by Gasteiger charge is 2.41. The van der Waals surface area contributed by atoms with Crippen molar-refractivity contribution in [3.8, 4) is 28.6 Å². The van der Waals surface area contributed by atoms with Crippen molar-refractivity contribution in [2.75, 3.05) is 19.9 Å². The van der Waals surface area contributed by atoms with Gasteiger partial charge in [-0.1, -0.05) is 0 Å². The van der Waals surface area contributed by atoms with Crippen LogP contribution in [0.3, 0.4) is 0 Å². The molecule has 2 atom stereocenters. The Morgan fingerprint density at radius 3 is 2.64 bits per heavy atom. The van der Waals surface area contributed by atoms with Crippen molar-refractivity contribution in [1.82, 2.24) is 15.1 Å². The van der Waals surface area contributed by atoms with E-state index in [1.54, 1.807) is 0 Å². The Morgan fingerprint density at radius 2 is 1.88 bits per heavy atom. The minimum Gasteiger partial charge on any atom is -0.471 e. The van der Waals surface area contributed by atoms with Gasteiger partial charge >= 0.3 is 0 Å². The fourth-order valence-electron chi connectivity index (χ4n) is 4.18. The second-order valence-corrected chi connectivity index (χ2v) is 7.02. The molecule has 1 aromatic carbocycles. The number of ether oxygens (including phenoxy) is 3. The lowest BCUT2D eigenvalue weighted by Gasteiger charge is -2.48. The third-order valence-corrected chi connectivity index (χ3v) is 5.66. The van der Waals surface area contributed by atoms with E-state index in [2.05, 4.69) is 22.0 Å². The Balaban J connectivity index is 1.33. The normalized spacial score (nSPS) is 29.6. The molecule has 0 saturated carbocycles. The van der Waals surface area contributed by atoms with Crippen molar-refractivity contribution in [2.45, 2.75) is 31.9 Å². The molecule has 3 saturated heterocycles. The Kier molecular flexibility index (Phi) is 3.52. The molecular weight excluding hydrogens is 318 g/mol. The number of piperidine rings is 3. The number of hydrogen-bond donors (Lipinski definition) is 0. The predicted molar refractivity (Wildman–Crippen MR) is 91.8 cm³/mol. The van der Waals surface area contributed by atoms with Crippen molar-refractivity contribution in [3.05, 3.63) is 30.3 Å². The van der Waals surface area contributed by atoms with Crippen LogP contribution in [-0.2, 0) is 0 Å². The van der Waals surface area contributed by atoms with Crippen LogP contribution < -0.4 is 14.2 Å². The quantitative estimate of drug-likeness (QED) is 0.857. The monoisotopic (exact) mass is 339 g/mol. The molecule has 0 radical (unpaired) electrons. The molecule has 0 aliphatic carbocycles. The van der Waals surface area contributed by atoms with Gasteiger partial charge in [-0.2, -0.15) is 0 Å². The summed E-state index contributed by atoms with van der Waals surface area (Å²) >= 11 is 0. The molecule has 0 N–H and O–H groups in total. The fraction of sp³-hybridized carbons (Fsp3) is 0.474. The van der Waals surface area contributed by atoms with Crippen LogP contribution in [0.25, 0.3) is 11.3 Å². The van der Waals surface area contributed by atoms with Gasteiger partial charge in [-0.15, -0.1) is 10.2 Å². The summed E-state index contributed by atoms with van der Waals surface area (Å²) in [5, 5.41) is 8.64. The molecule has 130 valence electrons. The van der Waals surface area contributed by atoms with Crippen LogP contribution in [0.1, 0.15) is 19.8 Å². The summed E-state index contributed by atoms with van der Waals surface area (Å²) in [6.45, 7) is 4.92. The lowest BCUT2D eigenvalue weighted by molar-refractivity contribution is -0.0528. The van der Waals surface area contributed by atoms with Crippen molar-refractivity contribution in [1.29, 1.82) is 0 Å². The van der Waals surface area contributed by atoms with E-state index in [0.29, 0.717) is 17.8 Å². The van der Waals surface area contributed by atoms with Gasteiger partial charge in [0.2, 0.25) is 12.7 Å². The zero-order valence-electron chi connectivity index (χ0n) is 14.2. The van der Waals surface area contributed by atoms with Crippen molar-refractivity contribution in [3.63, 3.8) is 0 Å². The maximum atomic E-state index is 6.21. The average Bonchev–Trinajstić information content (AvgIpc) is 3.13. The number of benzene rings is 1. The van der Waals surface area contributed by atoms with Gasteiger partial charge in [0.15, 0.2) is 11.5 Å². The molecule has 25 heavy (non-hydrogen) atoms. The molecule has 4 aliphatic rings. The standard InChI is InChI=1S/C19H21N3O3/c1-12-19(13-6-8-22(12)9-7-13)25-18-5-3-15(20-21-18)14-2-4-16-17(10-14)24-11-23-16/h2-5,10,12-13,19H,6-9,11H2,1H3. The largest absolute Gasteiger partial charge is 0.471 e. The Labute approximate surface area is 146 Å². The van der Waals surface area contributed by atoms with Crippen LogP contribution >= 0.6 is 0 Å². The fourth-order valence-corrected chi connectivity index (χ4v) is 4.18. The van der Waals surface area contributed by atoms with Crippen LogP contribution in [0, 0.1) is 5.92 Å². The van der Waals surface area contributed by atoms with Gasteiger partial charge in [-0.25, -0.2) is 0 Å². The summed E-state index contributed by atoms with van der Waals surface area (Å²) in [5.41, 5.74) is 1.76. The van der Waals surface area contributed by atoms with Gasteiger partial charge in [0.25, 0.3) is 0 Å². The summed E-state index contributed by atoms with van der Waals surface area (Å²) < 4.78 is 17.0. The number of rotatable bonds is 3. The summed E-state index contributed by atoms with van der Waals surface area (Å²) in [6.07, 6.45) is 2.66. The second-order valence-electron chi connectivity index (χ2n) is 7.02. The number of nitrogens with zero attached hydrogens (tertiary/aromatic N) is 3. The first-order chi connectivity index (χ1) is 12.3. The lowest BCUT2D eigenvalue weighted by Crippen LogP contribution is -2.58. The van der Waals surface area contributed by atoms with Gasteiger partial charge in [-0.3, -0.25) is 4.90 Å². The third kappa shape index (κ3) is 2.61. The number of aromatic nitrogens is 2. The molecule has 0 spiro atoms. The first-order valence-corrected chi connectivity index (χ1v) is 8.92. The first kappa shape index (κ1) is 15.0. The van der Waals surface area contributed by atoms with E-state index in [9.17, 15) is 0 Å². The van der Waals surface area contributed by atoms with E-state index in [0.717, 1.165) is 22.8 Å². The van der Waals surface area contributed by atoms with E-state index in [1.165, 1.54) is 25.9 Å². The van der Waals surface area contributed by atoms with Crippen LogP contribution in [0.15, 0.2) is 30.3 Å². The van der Waals surface area contributed by atoms with Crippen LogP contribution in [0.4, 0.5) is 0 Å². The topological polar surface area (TPSA) is 56.7 Å². The summed E-state index contributed by atoms with van der Waals surface area (Å²) in [5.74, 6) is 2.76. The Hall–Kier alpha value is -2.34. The van der Waals surface area contributed by atoms with E-state index < -0.39 is 0 Å². The minimum atomic E-state index is 0.216. The van der Waals surface area contributed by atoms with Gasteiger partial charge < -0.3 is 14.2 Å². The highest BCUT2D eigenvalue weighted by molar-refractivity contribution is 5.64. The smallest absolute Gasteiger partial charge is 0.233 e. The van der Waals surface area contributed by atoms with Gasteiger partial charge in [-0.05, 0) is 63.0 Å². The summed E-state index contributed by atoms with van der Waals surface area (Å²) in [7, 11) is 0.